The molecule has 108 valence electrons. The molecule has 0 aliphatic heterocycles. The van der Waals surface area contributed by atoms with Gasteiger partial charge >= 0.3 is 0 Å². The molecular weight excluding hydrogens is 286 g/mol. The fourth-order valence-electron chi connectivity index (χ4n) is 2.47. The van der Waals surface area contributed by atoms with Gasteiger partial charge in [-0.3, -0.25) is 4.68 Å². The summed E-state index contributed by atoms with van der Waals surface area (Å²) in [7, 11) is 3.92. The average molecular weight is 302 g/mol. The van der Waals surface area contributed by atoms with Crippen LogP contribution in [0.3, 0.4) is 0 Å². The van der Waals surface area contributed by atoms with Gasteiger partial charge in [0.2, 0.25) is 5.28 Å². The van der Waals surface area contributed by atoms with E-state index in [0.29, 0.717) is 0 Å². The van der Waals surface area contributed by atoms with Crippen molar-refractivity contribution in [3.05, 3.63) is 40.9 Å². The van der Waals surface area contributed by atoms with Crippen molar-refractivity contribution in [3.63, 3.8) is 0 Å². The van der Waals surface area contributed by atoms with Gasteiger partial charge in [0.15, 0.2) is 0 Å². The van der Waals surface area contributed by atoms with Crippen molar-refractivity contribution in [2.45, 2.75) is 13.8 Å². The molecule has 2 heterocycles. The fourth-order valence-corrected chi connectivity index (χ4v) is 2.61. The van der Waals surface area contributed by atoms with Crippen LogP contribution in [0.1, 0.15) is 11.3 Å². The van der Waals surface area contributed by atoms with Gasteiger partial charge in [-0.05, 0) is 49.2 Å². The van der Waals surface area contributed by atoms with E-state index in [4.69, 9.17) is 11.6 Å². The van der Waals surface area contributed by atoms with Gasteiger partial charge in [0, 0.05) is 37.1 Å². The largest absolute Gasteiger partial charge is 0.329 e. The predicted molar refractivity (Wildman–Crippen MR) is 85.3 cm³/mol. The van der Waals surface area contributed by atoms with Gasteiger partial charge < -0.3 is 4.90 Å². The summed E-state index contributed by atoms with van der Waals surface area (Å²) in [5.41, 5.74) is 4.35. The molecule has 0 N–H and O–H groups in total. The van der Waals surface area contributed by atoms with Gasteiger partial charge in [0.05, 0.1) is 5.52 Å². The Morgan fingerprint density at radius 2 is 2.00 bits per heavy atom. The topological polar surface area (TPSA) is 46.8 Å². The third kappa shape index (κ3) is 2.34. The number of halogens is 1. The Kier molecular flexibility index (Phi) is 3.29. The second-order valence-electron chi connectivity index (χ2n) is 5.11. The lowest BCUT2D eigenvalue weighted by atomic mass is 10.1. The maximum Gasteiger partial charge on any atom is 0.224 e. The smallest absolute Gasteiger partial charge is 0.224 e. The maximum absolute atomic E-state index is 5.87. The molecule has 5 nitrogen and oxygen atoms in total. The molecular formula is C15H16ClN5. The van der Waals surface area contributed by atoms with Gasteiger partial charge in [-0.15, -0.1) is 0 Å². The standard InChI is InChI=1S/C15H16ClN5/c1-9-7-11-10(2)21(4)19-12(11)8-13(9)20(3)14-5-6-17-15(16)18-14/h5-8H,1-4H3. The second-order valence-corrected chi connectivity index (χ2v) is 5.45. The molecule has 0 radical (unpaired) electrons. The first-order chi connectivity index (χ1) is 9.97. The zero-order valence-electron chi connectivity index (χ0n) is 12.4. The van der Waals surface area contributed by atoms with E-state index in [1.54, 1.807) is 6.20 Å². The molecule has 0 atom stereocenters. The zero-order chi connectivity index (χ0) is 15.1. The number of aryl methyl sites for hydroxylation is 3. The molecule has 21 heavy (non-hydrogen) atoms. The van der Waals surface area contributed by atoms with Crippen molar-refractivity contribution in [1.82, 2.24) is 19.7 Å². The summed E-state index contributed by atoms with van der Waals surface area (Å²) in [6, 6.07) is 6.07. The van der Waals surface area contributed by atoms with Crippen molar-refractivity contribution in [2.24, 2.45) is 7.05 Å². The van der Waals surface area contributed by atoms with Crippen LogP contribution in [0.15, 0.2) is 24.4 Å². The van der Waals surface area contributed by atoms with Crippen molar-refractivity contribution in [2.75, 3.05) is 11.9 Å². The Morgan fingerprint density at radius 1 is 1.24 bits per heavy atom. The third-order valence-corrected chi connectivity index (χ3v) is 3.95. The number of benzene rings is 1. The number of rotatable bonds is 2. The number of anilines is 2. The molecule has 3 rings (SSSR count). The van der Waals surface area contributed by atoms with Gasteiger partial charge in [0.1, 0.15) is 5.82 Å². The van der Waals surface area contributed by atoms with Gasteiger partial charge in [-0.2, -0.15) is 5.10 Å². The Labute approximate surface area is 128 Å². The van der Waals surface area contributed by atoms with E-state index < -0.39 is 0 Å². The zero-order valence-corrected chi connectivity index (χ0v) is 13.2. The first-order valence-electron chi connectivity index (χ1n) is 6.63. The molecule has 6 heteroatoms. The summed E-state index contributed by atoms with van der Waals surface area (Å²) in [5, 5.41) is 5.96. The number of nitrogens with zero attached hydrogens (tertiary/aromatic N) is 5. The van der Waals surface area contributed by atoms with Crippen LogP contribution in [-0.4, -0.2) is 26.8 Å². The molecule has 0 saturated heterocycles. The highest BCUT2D eigenvalue weighted by Gasteiger charge is 2.13. The van der Waals surface area contributed by atoms with Crippen LogP contribution in [0.4, 0.5) is 11.5 Å². The number of hydrogen-bond acceptors (Lipinski definition) is 4. The minimum absolute atomic E-state index is 0.242. The van der Waals surface area contributed by atoms with Crippen LogP contribution in [0, 0.1) is 13.8 Å². The highest BCUT2D eigenvalue weighted by Crippen LogP contribution is 2.30. The monoisotopic (exact) mass is 301 g/mol. The molecule has 0 aliphatic carbocycles. The van der Waals surface area contributed by atoms with Crippen LogP contribution >= 0.6 is 11.6 Å². The van der Waals surface area contributed by atoms with Gasteiger partial charge in [-0.1, -0.05) is 0 Å². The molecule has 0 fully saturated rings. The number of hydrogen-bond donors (Lipinski definition) is 0. The van der Waals surface area contributed by atoms with Gasteiger partial charge in [-0.25, -0.2) is 9.97 Å². The summed E-state index contributed by atoms with van der Waals surface area (Å²) in [5.74, 6) is 0.755. The van der Waals surface area contributed by atoms with E-state index >= 15 is 0 Å². The Balaban J connectivity index is 2.13. The average Bonchev–Trinajstić information content (AvgIpc) is 2.73. The quantitative estimate of drug-likeness (QED) is 0.681. The van der Waals surface area contributed by atoms with Crippen molar-refractivity contribution in [1.29, 1.82) is 0 Å². The van der Waals surface area contributed by atoms with Crippen LogP contribution in [-0.2, 0) is 7.05 Å². The highest BCUT2D eigenvalue weighted by molar-refractivity contribution is 6.28. The van der Waals surface area contributed by atoms with Gasteiger partial charge in [0.25, 0.3) is 0 Å². The second kappa shape index (κ2) is 5.00. The molecule has 3 aromatic rings. The summed E-state index contributed by atoms with van der Waals surface area (Å²) in [6.45, 7) is 4.16. The molecule has 0 unspecified atom stereocenters. The predicted octanol–water partition coefficient (Wildman–Crippen LogP) is 3.40. The summed E-state index contributed by atoms with van der Waals surface area (Å²) < 4.78 is 1.90. The highest BCUT2D eigenvalue weighted by atomic mass is 35.5. The lowest BCUT2D eigenvalue weighted by Gasteiger charge is -2.20. The number of fused-ring (bicyclic) bond motifs is 1. The third-order valence-electron chi connectivity index (χ3n) is 3.76. The van der Waals surface area contributed by atoms with E-state index in [9.17, 15) is 0 Å². The van der Waals surface area contributed by atoms with Crippen molar-refractivity contribution < 1.29 is 0 Å². The van der Waals surface area contributed by atoms with E-state index in [1.165, 1.54) is 5.39 Å². The fraction of sp³-hybridized carbons (Fsp3) is 0.267. The Morgan fingerprint density at radius 3 is 2.71 bits per heavy atom. The molecule has 0 saturated carbocycles. The molecule has 0 amide bonds. The minimum atomic E-state index is 0.242. The molecule has 2 aromatic heterocycles. The van der Waals surface area contributed by atoms with E-state index in [-0.39, 0.29) is 5.28 Å². The van der Waals surface area contributed by atoms with Crippen molar-refractivity contribution >= 4 is 34.0 Å². The first kappa shape index (κ1) is 13.8. The van der Waals surface area contributed by atoms with E-state index in [1.807, 2.05) is 29.7 Å². The SMILES string of the molecule is Cc1cc2c(C)n(C)nc2cc1N(C)c1ccnc(Cl)n1. The molecule has 0 aliphatic rings. The Bertz CT molecular complexity index is 824. The molecule has 0 bridgehead atoms. The lowest BCUT2D eigenvalue weighted by Crippen LogP contribution is -2.12. The van der Waals surface area contributed by atoms with Crippen LogP contribution in [0.5, 0.6) is 0 Å². The summed E-state index contributed by atoms with van der Waals surface area (Å²) >= 11 is 5.87. The normalized spacial score (nSPS) is 11.1. The summed E-state index contributed by atoms with van der Waals surface area (Å²) in [6.07, 6.45) is 1.65. The van der Waals surface area contributed by atoms with E-state index in [2.05, 4.69) is 41.0 Å². The Hall–Kier alpha value is -2.14. The van der Waals surface area contributed by atoms with E-state index in [0.717, 1.165) is 28.3 Å². The maximum atomic E-state index is 5.87. The molecule has 0 spiro atoms. The van der Waals surface area contributed by atoms with Crippen molar-refractivity contribution in [3.8, 4) is 0 Å². The first-order valence-corrected chi connectivity index (χ1v) is 7.01. The van der Waals surface area contributed by atoms with Crippen LogP contribution in [0.25, 0.3) is 10.9 Å². The summed E-state index contributed by atoms with van der Waals surface area (Å²) in [4.78, 5) is 10.2. The number of aromatic nitrogens is 4. The van der Waals surface area contributed by atoms with Crippen LogP contribution < -0.4 is 4.90 Å². The lowest BCUT2D eigenvalue weighted by molar-refractivity contribution is 0.751. The van der Waals surface area contributed by atoms with Crippen LogP contribution in [0.2, 0.25) is 5.28 Å². The minimum Gasteiger partial charge on any atom is -0.329 e. The molecule has 1 aromatic carbocycles.